The maximum atomic E-state index is 17.6. The number of rotatable bonds is 47. The highest BCUT2D eigenvalue weighted by molar-refractivity contribution is 7.49. The van der Waals surface area contributed by atoms with Gasteiger partial charge in [0.25, 0.3) is 5.56 Å². The quantitative estimate of drug-likeness (QED) is 0.0190. The van der Waals surface area contributed by atoms with Crippen LogP contribution in [0, 0.1) is 0 Å². The van der Waals surface area contributed by atoms with E-state index >= 15 is 17.6 Å². The van der Waals surface area contributed by atoms with Crippen molar-refractivity contribution in [1.29, 1.82) is 0 Å². The minimum Gasteiger partial charge on any atom is -0.383 e. The summed E-state index contributed by atoms with van der Waals surface area (Å²) >= 11 is 0. The number of anilines is 4. The lowest BCUT2D eigenvalue weighted by Gasteiger charge is -2.28. The van der Waals surface area contributed by atoms with Gasteiger partial charge in [0.15, 0.2) is 83.7 Å². The number of methoxy groups -OCH3 is 4. The Kier molecular flexibility index (Phi) is 35.1. The molecule has 16 unspecified atom stereocenters. The Hall–Kier alpha value is -6.35. The molecule has 64 nitrogen and oxygen atoms in total. The molecule has 76 heteroatoms. The van der Waals surface area contributed by atoms with Crippen LogP contribution in [0.5, 0.6) is 0 Å². The van der Waals surface area contributed by atoms with Crippen LogP contribution in [0.1, 0.15) is 66.0 Å². The van der Waals surface area contributed by atoms with Crippen molar-refractivity contribution >= 4 is 119 Å². The molecule has 8 saturated heterocycles. The van der Waals surface area contributed by atoms with E-state index in [4.69, 9.17) is 148 Å². The van der Waals surface area contributed by atoms with Crippen molar-refractivity contribution in [3.63, 3.8) is 0 Å². The van der Waals surface area contributed by atoms with Crippen LogP contribution in [0.4, 0.5) is 41.0 Å². The zero-order valence-electron chi connectivity index (χ0n) is 77.0. The number of fused-ring (bicyclic) bond motifs is 3. The zero-order valence-corrected chi connectivity index (χ0v) is 84.1. The van der Waals surface area contributed by atoms with E-state index in [1.54, 1.807) is 13.8 Å². The topological polar surface area (TPSA) is 847 Å². The molecular formula is C69H102F4N18O46P8. The van der Waals surface area contributed by atoms with Gasteiger partial charge in [-0.25, -0.2) is 93.8 Å². The van der Waals surface area contributed by atoms with Crippen molar-refractivity contribution < 1.29 is 222 Å². The predicted octanol–water partition coefficient (Wildman–Crippen LogP) is 1.59. The average Bonchev–Trinajstić information content (AvgIpc) is 1.63. The number of H-pyrrole nitrogens is 1. The van der Waals surface area contributed by atoms with E-state index in [2.05, 4.69) is 54.4 Å². The fourth-order valence-corrected chi connectivity index (χ4v) is 24.7. The second kappa shape index (κ2) is 45.1. The summed E-state index contributed by atoms with van der Waals surface area (Å²) in [4.78, 5) is 154. The van der Waals surface area contributed by atoms with Gasteiger partial charge in [-0.15, -0.1) is 0 Å². The Labute approximate surface area is 813 Å². The van der Waals surface area contributed by atoms with Crippen molar-refractivity contribution in [3.8, 4) is 0 Å². The number of phosphoric ester groups is 8. The Morgan fingerprint density at radius 2 is 0.648 bits per heavy atom. The van der Waals surface area contributed by atoms with Gasteiger partial charge in [0.05, 0.1) is 95.7 Å². The molecule has 17 N–H and O–H groups in total. The van der Waals surface area contributed by atoms with E-state index < -0.39 is 322 Å². The molecular weight excluding hydrogens is 2140 g/mol. The molecule has 40 atom stereocenters. The number of hydrogen-bond donors (Lipinski definition) is 13. The number of hydrogen-bond acceptors (Lipinski definition) is 51. The zero-order chi connectivity index (χ0) is 105. The lowest BCUT2D eigenvalue weighted by molar-refractivity contribution is -0.0640. The van der Waals surface area contributed by atoms with Crippen LogP contribution in [0.2, 0.25) is 0 Å². The van der Waals surface area contributed by atoms with Crippen LogP contribution in [0.15, 0.2) is 53.5 Å². The monoisotopic (exact) mass is 2240 g/mol. The smallest absolute Gasteiger partial charge is 0.383 e. The molecule has 7 aromatic heterocycles. The van der Waals surface area contributed by atoms with Gasteiger partial charge in [-0.2, -0.15) is 9.97 Å². The number of aromatic amines is 1. The minimum absolute atomic E-state index is 0.0608. The summed E-state index contributed by atoms with van der Waals surface area (Å²) in [6.07, 6.45) is -52.3. The van der Waals surface area contributed by atoms with E-state index in [-0.39, 0.29) is 57.4 Å². The van der Waals surface area contributed by atoms with Crippen LogP contribution in [-0.4, -0.2) is 360 Å². The first-order valence-electron chi connectivity index (χ1n) is 43.2. The number of nitrogens with two attached hydrogens (primary N) is 4. The van der Waals surface area contributed by atoms with Crippen LogP contribution in [-0.2, 0) is 166 Å². The standard InChI is InChI=1S/C69H102F4N18O46P8/c1-11-30-53(46(110-6)27(3)123-30)134-142(102,103)116-16-33-52(42(73)66(127-33)90-24-83-44-59(76)79-22-81-61(44)90)133-141(100,101)121-20-37-56(57(113-9)67(129-37)91-25-84-45-62(91)86-68(77)87-63(45)92)137-145(108,109)118-17-34-51(41(72)65(128-34)89-23-82-43-58(75)78-21-80-60(43)89)132-140(98,99)120-19-36-54(47(111-7)28(4)125-36)135-143(104,105)115-14-31-49(39(70)26(2)122-31)131-139(96,97)119-18-35-55(48(112-8)29(5)124-35)136-144(106,107)117-15-32-50(130-138(94,95)114-10)40(71)64(126-32)88-13-12-38(74)85-69(88)93/h12-13,21-37,39-42,46-57,64-67H,11,14-20H2,1-10H3,(H,94,95)(H,96,97)(H,98,99)(H,100,101)(H,102,103)(H,104,105)(H,106,107)(H,108,109)(H2,74,85,93)(H2,75,78,80)(H2,76,79,81)(H3,77,86,87,92)/t26-,27-,28-,29-,30+,31+,32+,33+,34+,35+,36+,37+,39+,40-,41-,42-,46+,47+,48+,49?,50?,51?,52?,53?,54?,55?,56?,57-,64+,65+,66+,67+/m0/s1. The maximum Gasteiger partial charge on any atom is 0.472 e. The molecule has 15 rings (SSSR count). The van der Waals surface area contributed by atoms with Gasteiger partial charge in [-0.1, -0.05) is 6.92 Å². The third-order valence-corrected chi connectivity index (χ3v) is 31.8. The molecule has 7 aromatic rings. The number of phosphoric acid groups is 8. The minimum atomic E-state index is -5.95. The Balaban J connectivity index is 0.605. The SMILES string of the molecule is CC[C@H]1O[C@@H](C)[C@@H](OC)C1OP(=O)(O)OC[C@H]1O[C@@H](n2cnc3c(N)ncnc32)[C@@H](F)C1OP(=O)(O)OC[C@H]1O[C@@H](n2cnc3c(=O)[nH]c(N)nc32)[C@@H](OC)C1OP(=O)(O)OC[C@H]1O[C@@H](n2cnc3c(N)ncnc32)[C@@H](F)C1OP(=O)(O)OC[C@H]1O[C@@H](C)[C@@H](OC)C1OP(=O)(O)OC[C@H]1O[C@@H](C)[C@@H](F)C1OP(=O)(O)OC[C@H]1O[C@@H](C)[C@@H](OC)C1OP(=O)(O)OC[C@H]1O[C@@H](n2ccc(N)nc2=O)[C@@H](F)C1OP(=O)(O)OC. The van der Waals surface area contributed by atoms with Crippen molar-refractivity contribution in [1.82, 2.24) is 68.1 Å². The van der Waals surface area contributed by atoms with Crippen molar-refractivity contribution in [2.45, 2.75) is 237 Å². The summed E-state index contributed by atoms with van der Waals surface area (Å²) < 4.78 is 336. The Morgan fingerprint density at radius 1 is 0.352 bits per heavy atom. The Bertz CT molecular complexity index is 6290. The number of nitrogen functional groups attached to an aromatic ring is 4. The number of nitrogens with one attached hydrogen (secondary N) is 1. The number of aromatic nitrogens is 14. The number of halogens is 4. The van der Waals surface area contributed by atoms with Crippen LogP contribution >= 0.6 is 62.6 Å². The third kappa shape index (κ3) is 25.3. The fourth-order valence-electron chi connectivity index (χ4n) is 17.3. The summed E-state index contributed by atoms with van der Waals surface area (Å²) in [5, 5.41) is 0. The highest BCUT2D eigenvalue weighted by Crippen LogP contribution is 2.60. The molecule has 812 valence electrons. The molecule has 0 saturated carbocycles. The van der Waals surface area contributed by atoms with E-state index in [9.17, 15) is 85.3 Å². The number of ether oxygens (including phenoxy) is 12. The molecule has 0 radical (unpaired) electrons. The average molecular weight is 2240 g/mol. The van der Waals surface area contributed by atoms with Gasteiger partial charge >= 0.3 is 68.3 Å². The molecule has 145 heavy (non-hydrogen) atoms. The predicted molar refractivity (Wildman–Crippen MR) is 467 cm³/mol. The first kappa shape index (κ1) is 113. The summed E-state index contributed by atoms with van der Waals surface area (Å²) in [5.41, 5.74) is 20.2. The highest BCUT2D eigenvalue weighted by atomic mass is 31.2. The van der Waals surface area contributed by atoms with Crippen molar-refractivity contribution in [2.24, 2.45) is 0 Å². The highest BCUT2D eigenvalue weighted by Gasteiger charge is 2.61. The molecule has 8 aliphatic rings. The van der Waals surface area contributed by atoms with Gasteiger partial charge in [-0.3, -0.25) is 100 Å². The summed E-state index contributed by atoms with van der Waals surface area (Å²) in [5.74, 6) is -1.17. The van der Waals surface area contributed by atoms with Gasteiger partial charge in [0, 0.05) is 41.7 Å². The van der Waals surface area contributed by atoms with Crippen molar-refractivity contribution in [2.75, 3.05) is 105 Å². The molecule has 15 heterocycles. The van der Waals surface area contributed by atoms with E-state index in [1.807, 2.05) is 0 Å². The van der Waals surface area contributed by atoms with Crippen molar-refractivity contribution in [3.05, 3.63) is 64.7 Å². The van der Waals surface area contributed by atoms with Gasteiger partial charge in [0.2, 0.25) is 5.95 Å². The summed E-state index contributed by atoms with van der Waals surface area (Å²) in [6.45, 7) is -1.50. The number of nitrogens with zero attached hydrogens (tertiary/aromatic N) is 13. The molecule has 0 aliphatic carbocycles. The molecule has 0 bridgehead atoms. The van der Waals surface area contributed by atoms with Crippen LogP contribution < -0.4 is 34.2 Å². The van der Waals surface area contributed by atoms with E-state index in [0.29, 0.717) is 4.57 Å². The van der Waals surface area contributed by atoms with E-state index in [0.717, 1.165) is 93.0 Å². The number of imidazole rings is 3. The third-order valence-electron chi connectivity index (χ3n) is 24.0. The van der Waals surface area contributed by atoms with E-state index in [1.165, 1.54) is 21.0 Å². The van der Waals surface area contributed by atoms with Crippen LogP contribution in [0.3, 0.4) is 0 Å². The molecule has 8 fully saturated rings. The normalized spacial score (nSPS) is 36.3. The molecule has 8 aliphatic heterocycles. The summed E-state index contributed by atoms with van der Waals surface area (Å²) in [7, 11) is -39.7. The first-order chi connectivity index (χ1) is 68.2. The van der Waals surface area contributed by atoms with Gasteiger partial charge in [0.1, 0.15) is 145 Å². The fraction of sp³-hybridized carbons (Fsp3) is 0.725. The van der Waals surface area contributed by atoms with Gasteiger partial charge in [-0.05, 0) is 40.2 Å². The van der Waals surface area contributed by atoms with Gasteiger partial charge < -0.3 is 119 Å². The molecule has 0 amide bonds. The maximum absolute atomic E-state index is 17.6. The first-order valence-corrected chi connectivity index (χ1v) is 55.2. The second-order valence-electron chi connectivity index (χ2n) is 33.3. The Morgan fingerprint density at radius 3 is 1.01 bits per heavy atom. The second-order valence-corrected chi connectivity index (χ2v) is 44.7. The molecule has 0 aromatic carbocycles. The lowest BCUT2D eigenvalue weighted by atomic mass is 10.1. The number of alkyl halides is 4. The largest absolute Gasteiger partial charge is 0.472 e. The molecule has 0 spiro atoms. The lowest BCUT2D eigenvalue weighted by Crippen LogP contribution is -2.39. The van der Waals surface area contributed by atoms with Crippen LogP contribution in [0.25, 0.3) is 33.5 Å². The summed E-state index contributed by atoms with van der Waals surface area (Å²) in [6, 6.07) is 1.08.